The number of likely N-dealkylation sites (N-methyl/N-ethyl adjacent to an activating group) is 1. The van der Waals surface area contributed by atoms with Crippen LogP contribution in [0.1, 0.15) is 13.8 Å². The highest BCUT2D eigenvalue weighted by Crippen LogP contribution is 2.23. The molecule has 0 unspecified atom stereocenters. The molecule has 0 aliphatic rings. The Kier molecular flexibility index (Phi) is 8.17. The van der Waals surface area contributed by atoms with Gasteiger partial charge in [-0.2, -0.15) is 0 Å². The molecule has 27 heavy (non-hydrogen) atoms. The Morgan fingerprint density at radius 3 is 2.48 bits per heavy atom. The third-order valence-corrected chi connectivity index (χ3v) is 4.55. The average Bonchev–Trinajstić information content (AvgIpc) is 2.68. The van der Waals surface area contributed by atoms with Crippen molar-refractivity contribution in [2.24, 2.45) is 5.16 Å². The van der Waals surface area contributed by atoms with E-state index in [1.165, 1.54) is 0 Å². The van der Waals surface area contributed by atoms with Gasteiger partial charge in [0.25, 0.3) is 0 Å². The first-order valence-corrected chi connectivity index (χ1v) is 9.26. The van der Waals surface area contributed by atoms with Crippen molar-refractivity contribution in [3.63, 3.8) is 0 Å². The molecule has 1 aromatic heterocycles. The quantitative estimate of drug-likeness (QED) is 0.392. The highest BCUT2D eigenvalue weighted by molar-refractivity contribution is 6.31. The molecule has 0 radical (unpaired) electrons. The lowest BCUT2D eigenvalue weighted by Crippen LogP contribution is -2.26. The summed E-state index contributed by atoms with van der Waals surface area (Å²) in [5.41, 5.74) is 1.71. The summed E-state index contributed by atoms with van der Waals surface area (Å²) in [5, 5.41) is 6.54. The highest BCUT2D eigenvalue weighted by atomic mass is 35.5. The van der Waals surface area contributed by atoms with Gasteiger partial charge in [-0.1, -0.05) is 60.9 Å². The predicted octanol–water partition coefficient (Wildman–Crippen LogP) is 5.35. The number of hydrogen-bond acceptors (Lipinski definition) is 4. The van der Waals surface area contributed by atoms with E-state index < -0.39 is 0 Å². The van der Waals surface area contributed by atoms with E-state index in [-0.39, 0.29) is 12.4 Å². The standard InChI is InChI=1S/C21H23ClN2O2.ClH/c1-3-24(4-2)12-13-25-23-19-15-21(16-8-6-5-7-9-16)26-20-11-10-17(22)14-18(19)20;/h5-11,14-15H,3-4,12-13H2,1-2H3;1H/b23-19+;. The maximum atomic E-state index is 6.16. The van der Waals surface area contributed by atoms with Crippen LogP contribution in [0.15, 0.2) is 64.2 Å². The van der Waals surface area contributed by atoms with Crippen LogP contribution in [0.4, 0.5) is 0 Å². The minimum atomic E-state index is 0. The zero-order valence-electron chi connectivity index (χ0n) is 15.5. The number of halogens is 2. The van der Waals surface area contributed by atoms with Gasteiger partial charge < -0.3 is 14.2 Å². The largest absolute Gasteiger partial charge is 0.456 e. The number of fused-ring (bicyclic) bond motifs is 1. The summed E-state index contributed by atoms with van der Waals surface area (Å²) in [7, 11) is 0. The molecular weight excluding hydrogens is 383 g/mol. The monoisotopic (exact) mass is 406 g/mol. The van der Waals surface area contributed by atoms with Gasteiger partial charge in [0, 0.05) is 28.6 Å². The van der Waals surface area contributed by atoms with Crippen LogP contribution in [0.5, 0.6) is 0 Å². The molecule has 0 atom stereocenters. The van der Waals surface area contributed by atoms with E-state index in [9.17, 15) is 0 Å². The van der Waals surface area contributed by atoms with Crippen LogP contribution in [0.2, 0.25) is 5.02 Å². The second-order valence-electron chi connectivity index (χ2n) is 5.95. The van der Waals surface area contributed by atoms with Gasteiger partial charge in [0.15, 0.2) is 0 Å². The molecule has 0 fully saturated rings. The molecule has 3 rings (SSSR count). The summed E-state index contributed by atoms with van der Waals surface area (Å²) in [6.07, 6.45) is 0. The summed E-state index contributed by atoms with van der Waals surface area (Å²) < 4.78 is 6.04. The summed E-state index contributed by atoms with van der Waals surface area (Å²) in [4.78, 5) is 7.88. The molecular formula is C21H24Cl2N2O2. The second-order valence-corrected chi connectivity index (χ2v) is 6.39. The molecule has 4 nitrogen and oxygen atoms in total. The lowest BCUT2D eigenvalue weighted by Gasteiger charge is -2.16. The van der Waals surface area contributed by atoms with E-state index in [0.29, 0.717) is 17.0 Å². The molecule has 0 spiro atoms. The third-order valence-electron chi connectivity index (χ3n) is 4.32. The third kappa shape index (κ3) is 5.48. The topological polar surface area (TPSA) is 38.0 Å². The van der Waals surface area contributed by atoms with Crippen LogP contribution >= 0.6 is 24.0 Å². The van der Waals surface area contributed by atoms with E-state index in [1.54, 1.807) is 0 Å². The summed E-state index contributed by atoms with van der Waals surface area (Å²) in [5.74, 6) is 0.742. The first-order valence-electron chi connectivity index (χ1n) is 8.88. The fraction of sp³-hybridized carbons (Fsp3) is 0.286. The van der Waals surface area contributed by atoms with Crippen molar-refractivity contribution >= 4 is 35.0 Å². The van der Waals surface area contributed by atoms with Gasteiger partial charge in [-0.05, 0) is 31.3 Å². The Bertz CT molecular complexity index is 922. The normalized spacial score (nSPS) is 11.6. The fourth-order valence-corrected chi connectivity index (χ4v) is 2.96. The van der Waals surface area contributed by atoms with Crippen molar-refractivity contribution in [1.29, 1.82) is 0 Å². The molecule has 0 aliphatic heterocycles. The van der Waals surface area contributed by atoms with Gasteiger partial charge >= 0.3 is 0 Å². The van der Waals surface area contributed by atoms with Crippen molar-refractivity contribution < 1.29 is 9.25 Å². The second kappa shape index (κ2) is 10.4. The number of nitrogens with zero attached hydrogens (tertiary/aromatic N) is 2. The van der Waals surface area contributed by atoms with Gasteiger partial charge in [0.1, 0.15) is 23.3 Å². The molecule has 144 valence electrons. The van der Waals surface area contributed by atoms with Crippen molar-refractivity contribution in [2.45, 2.75) is 13.8 Å². The lowest BCUT2D eigenvalue weighted by molar-refractivity contribution is 0.106. The Morgan fingerprint density at radius 2 is 1.78 bits per heavy atom. The molecule has 3 aromatic rings. The smallest absolute Gasteiger partial charge is 0.137 e. The molecule has 0 saturated carbocycles. The zero-order chi connectivity index (χ0) is 18.4. The van der Waals surface area contributed by atoms with Crippen LogP contribution in [0.25, 0.3) is 22.3 Å². The van der Waals surface area contributed by atoms with E-state index >= 15 is 0 Å². The van der Waals surface area contributed by atoms with Gasteiger partial charge in [0.05, 0.1) is 0 Å². The summed E-state index contributed by atoms with van der Waals surface area (Å²) >= 11 is 6.16. The first kappa shape index (κ1) is 21.3. The van der Waals surface area contributed by atoms with Crippen LogP contribution in [0.3, 0.4) is 0 Å². The van der Waals surface area contributed by atoms with Gasteiger partial charge in [0.2, 0.25) is 0 Å². The molecule has 0 N–H and O–H groups in total. The molecule has 1 heterocycles. The number of hydrogen-bond donors (Lipinski definition) is 0. The summed E-state index contributed by atoms with van der Waals surface area (Å²) in [6, 6.07) is 17.4. The van der Waals surface area contributed by atoms with Crippen molar-refractivity contribution in [3.8, 4) is 11.3 Å². The average molecular weight is 407 g/mol. The van der Waals surface area contributed by atoms with Crippen molar-refractivity contribution in [1.82, 2.24) is 4.90 Å². The van der Waals surface area contributed by atoms with Crippen molar-refractivity contribution in [2.75, 3.05) is 26.2 Å². The molecule has 0 saturated heterocycles. The SMILES string of the molecule is CCN(CC)CCO/N=c1\cc(-c2ccccc2)oc2ccc(Cl)cc12.Cl. The van der Waals surface area contributed by atoms with E-state index in [1.807, 2.05) is 54.6 Å². The maximum absolute atomic E-state index is 6.16. The highest BCUT2D eigenvalue weighted by Gasteiger charge is 2.07. The maximum Gasteiger partial charge on any atom is 0.137 e. The van der Waals surface area contributed by atoms with Gasteiger partial charge in [-0.15, -0.1) is 12.4 Å². The van der Waals surface area contributed by atoms with Crippen LogP contribution in [-0.2, 0) is 4.84 Å². The molecule has 6 heteroatoms. The Balaban J connectivity index is 0.00000261. The summed E-state index contributed by atoms with van der Waals surface area (Å²) in [6.45, 7) is 7.66. The van der Waals surface area contributed by atoms with Crippen LogP contribution < -0.4 is 5.36 Å². The Morgan fingerprint density at radius 1 is 1.04 bits per heavy atom. The van der Waals surface area contributed by atoms with Crippen LogP contribution in [0, 0.1) is 0 Å². The van der Waals surface area contributed by atoms with E-state index in [0.717, 1.165) is 41.9 Å². The number of benzene rings is 2. The van der Waals surface area contributed by atoms with Crippen LogP contribution in [-0.4, -0.2) is 31.1 Å². The Labute approximate surface area is 170 Å². The van der Waals surface area contributed by atoms with E-state index in [2.05, 4.69) is 23.9 Å². The fourth-order valence-electron chi connectivity index (χ4n) is 2.79. The molecule has 0 amide bonds. The van der Waals surface area contributed by atoms with Gasteiger partial charge in [-0.25, -0.2) is 0 Å². The zero-order valence-corrected chi connectivity index (χ0v) is 17.1. The number of rotatable bonds is 7. The first-order chi connectivity index (χ1) is 12.7. The predicted molar refractivity (Wildman–Crippen MR) is 113 cm³/mol. The minimum absolute atomic E-state index is 0. The Hall–Kier alpha value is -2.01. The van der Waals surface area contributed by atoms with Crippen molar-refractivity contribution in [3.05, 3.63) is 65.0 Å². The molecule has 0 aliphatic carbocycles. The molecule has 0 bridgehead atoms. The minimum Gasteiger partial charge on any atom is -0.456 e. The lowest BCUT2D eigenvalue weighted by atomic mass is 10.1. The van der Waals surface area contributed by atoms with E-state index in [4.69, 9.17) is 20.9 Å². The molecule has 2 aromatic carbocycles. The van der Waals surface area contributed by atoms with Gasteiger partial charge in [-0.3, -0.25) is 0 Å².